The molecule has 0 atom stereocenters. The van der Waals surface area contributed by atoms with Gasteiger partial charge in [0.2, 0.25) is 0 Å². The molecule has 12 rings (SSSR count). The number of hydrogen-bond donors (Lipinski definition) is 1. The van der Waals surface area contributed by atoms with Crippen molar-refractivity contribution in [3.05, 3.63) is 265 Å². The molecule has 0 amide bonds. The Kier molecular flexibility index (Phi) is 12.1. The Labute approximate surface area is 396 Å². The number of benzene rings is 10. The van der Waals surface area contributed by atoms with E-state index in [4.69, 9.17) is 0 Å². The van der Waals surface area contributed by atoms with Crippen LogP contribution >= 0.6 is 0 Å². The summed E-state index contributed by atoms with van der Waals surface area (Å²) in [5, 5.41) is 9.09. The zero-order chi connectivity index (χ0) is 45.7. The highest BCUT2D eigenvalue weighted by Crippen LogP contribution is 2.56. The van der Waals surface area contributed by atoms with Crippen LogP contribution in [0.1, 0.15) is 56.4 Å². The Morgan fingerprint density at radius 2 is 0.731 bits per heavy atom. The molecule has 0 unspecified atom stereocenters. The van der Waals surface area contributed by atoms with E-state index in [0.29, 0.717) is 0 Å². The van der Waals surface area contributed by atoms with Crippen molar-refractivity contribution in [3.63, 3.8) is 0 Å². The van der Waals surface area contributed by atoms with E-state index >= 15 is 0 Å². The average molecular weight is 862 g/mol. The van der Waals surface area contributed by atoms with Gasteiger partial charge in [-0.3, -0.25) is 0 Å². The molecular formula is C66H55N. The number of allylic oxidation sites excluding steroid dienone is 4. The first-order valence-electron chi connectivity index (χ1n) is 23.7. The van der Waals surface area contributed by atoms with Crippen LogP contribution in [0.5, 0.6) is 0 Å². The molecule has 2 aliphatic rings. The normalized spacial score (nSPS) is 13.0. The van der Waals surface area contributed by atoms with Gasteiger partial charge in [0.1, 0.15) is 0 Å². The number of para-hydroxylation sites is 1. The van der Waals surface area contributed by atoms with Gasteiger partial charge in [-0.1, -0.05) is 252 Å². The van der Waals surface area contributed by atoms with Gasteiger partial charge in [-0.25, -0.2) is 0 Å². The molecule has 0 heterocycles. The molecule has 0 aliphatic heterocycles. The molecule has 0 saturated heterocycles. The van der Waals surface area contributed by atoms with Crippen molar-refractivity contribution in [2.45, 2.75) is 39.5 Å². The number of anilines is 2. The Morgan fingerprint density at radius 3 is 1.30 bits per heavy atom. The minimum atomic E-state index is -0.212. The van der Waals surface area contributed by atoms with Crippen LogP contribution in [-0.4, -0.2) is 0 Å². The smallest absolute Gasteiger partial charge is 0.0467 e. The summed E-state index contributed by atoms with van der Waals surface area (Å²) < 4.78 is 0. The lowest BCUT2D eigenvalue weighted by atomic mass is 9.80. The van der Waals surface area contributed by atoms with Gasteiger partial charge in [-0.15, -0.1) is 0 Å². The van der Waals surface area contributed by atoms with E-state index in [1.807, 2.05) is 26.0 Å². The number of nitrogens with one attached hydrogen (secondary N) is 1. The highest BCUT2D eigenvalue weighted by molar-refractivity contribution is 6.16. The van der Waals surface area contributed by atoms with Gasteiger partial charge in [-0.2, -0.15) is 0 Å². The van der Waals surface area contributed by atoms with Crippen molar-refractivity contribution < 1.29 is 0 Å². The van der Waals surface area contributed by atoms with E-state index in [9.17, 15) is 0 Å². The maximum Gasteiger partial charge on any atom is 0.0467 e. The van der Waals surface area contributed by atoms with Crippen molar-refractivity contribution >= 4 is 44.1 Å². The first kappa shape index (κ1) is 42.9. The van der Waals surface area contributed by atoms with Crippen LogP contribution in [-0.2, 0) is 5.41 Å². The molecule has 0 radical (unpaired) electrons. The third kappa shape index (κ3) is 8.30. The maximum atomic E-state index is 3.97. The molecule has 0 spiro atoms. The number of hydrogen-bond acceptors (Lipinski definition) is 1. The summed E-state index contributed by atoms with van der Waals surface area (Å²) in [4.78, 5) is 0. The van der Waals surface area contributed by atoms with Crippen LogP contribution in [0.25, 0.3) is 77.2 Å². The van der Waals surface area contributed by atoms with Crippen molar-refractivity contribution in [3.8, 4) is 44.5 Å². The van der Waals surface area contributed by atoms with Gasteiger partial charge in [-0.05, 0) is 113 Å². The molecule has 1 nitrogen and oxygen atoms in total. The Balaban J connectivity index is 0.000000323. The fraction of sp³-hybridized carbons (Fsp3) is 0.0909. The first-order chi connectivity index (χ1) is 33.0. The van der Waals surface area contributed by atoms with E-state index in [0.717, 1.165) is 17.8 Å². The van der Waals surface area contributed by atoms with Gasteiger partial charge in [0.15, 0.2) is 0 Å². The monoisotopic (exact) mass is 861 g/mol. The molecule has 1 heteroatoms. The van der Waals surface area contributed by atoms with Crippen LogP contribution in [0.15, 0.2) is 243 Å². The summed E-state index contributed by atoms with van der Waals surface area (Å²) in [5.74, 6) is 0. The first-order valence-corrected chi connectivity index (χ1v) is 23.7. The summed E-state index contributed by atoms with van der Waals surface area (Å²) in [7, 11) is 0. The Hall–Kier alpha value is -8.00. The fourth-order valence-electron chi connectivity index (χ4n) is 10.1. The predicted molar refractivity (Wildman–Crippen MR) is 290 cm³/mol. The molecule has 67 heavy (non-hydrogen) atoms. The number of fused-ring (bicyclic) bond motifs is 7. The molecule has 10 aromatic rings. The third-order valence-corrected chi connectivity index (χ3v) is 13.4. The van der Waals surface area contributed by atoms with E-state index < -0.39 is 0 Å². The fourth-order valence-corrected chi connectivity index (χ4v) is 10.1. The van der Waals surface area contributed by atoms with Gasteiger partial charge < -0.3 is 5.32 Å². The Morgan fingerprint density at radius 1 is 0.328 bits per heavy atom. The van der Waals surface area contributed by atoms with E-state index in [1.54, 1.807) is 0 Å². The van der Waals surface area contributed by atoms with Gasteiger partial charge >= 0.3 is 0 Å². The molecular weight excluding hydrogens is 807 g/mol. The lowest BCUT2D eigenvalue weighted by Gasteiger charge is -2.24. The van der Waals surface area contributed by atoms with Crippen LogP contribution < -0.4 is 5.32 Å². The molecule has 0 aromatic heterocycles. The zero-order valence-corrected chi connectivity index (χ0v) is 38.8. The quantitative estimate of drug-likeness (QED) is 0.168. The summed E-state index contributed by atoms with van der Waals surface area (Å²) in [6.45, 7) is 8.81. The SMILES string of the molecule is CC.CC1(C)c2cc(Nc3ccccc3C3=CC=C(c4ccccc4)C3)c3ccccc3c2-c2c1cc(-c1ccc(-c3ccccc3)cc1)c1ccccc21.c1ccc(-c2ccccc2)cc1. The van der Waals surface area contributed by atoms with E-state index in [2.05, 4.69) is 250 Å². The Bertz CT molecular complexity index is 3360. The summed E-state index contributed by atoms with van der Waals surface area (Å²) in [6, 6.07) is 82.9. The van der Waals surface area contributed by atoms with Crippen LogP contribution in [0.4, 0.5) is 11.4 Å². The highest BCUT2D eigenvalue weighted by atomic mass is 14.9. The van der Waals surface area contributed by atoms with Crippen LogP contribution in [0, 0.1) is 0 Å². The van der Waals surface area contributed by atoms with Gasteiger partial charge in [0.05, 0.1) is 0 Å². The van der Waals surface area contributed by atoms with Crippen molar-refractivity contribution in [1.29, 1.82) is 0 Å². The number of rotatable bonds is 7. The van der Waals surface area contributed by atoms with E-state index in [1.165, 1.54) is 99.5 Å². The molecule has 1 N–H and O–H groups in total. The molecule has 324 valence electrons. The lowest BCUT2D eigenvalue weighted by molar-refractivity contribution is 0.661. The molecule has 0 saturated carbocycles. The van der Waals surface area contributed by atoms with Crippen molar-refractivity contribution in [2.75, 3.05) is 5.32 Å². The summed E-state index contributed by atoms with van der Waals surface area (Å²) in [6.07, 6.45) is 5.49. The largest absolute Gasteiger partial charge is 0.355 e. The second-order valence-electron chi connectivity index (χ2n) is 17.7. The predicted octanol–water partition coefficient (Wildman–Crippen LogP) is 18.6. The second kappa shape index (κ2) is 18.8. The highest BCUT2D eigenvalue weighted by Gasteiger charge is 2.39. The standard InChI is InChI=1S/C52H39N.C12H10.C2H6/c1-52(2)46-32-45(37-27-25-36(26-28-37)34-15-5-3-6-16-34)41-20-9-11-22-43(41)50(46)51-44-23-12-10-21-42(44)49(33-47(51)52)53-48-24-14-13-19-40(48)39-30-29-38(31-39)35-17-7-4-8-18-35;1-3-7-11(8-4-1)12-9-5-2-6-10-12;1-2/h3-30,32-33,53H,31H2,1-2H3;1-10H;1-2H3. The van der Waals surface area contributed by atoms with E-state index in [-0.39, 0.29) is 5.41 Å². The van der Waals surface area contributed by atoms with Gasteiger partial charge in [0, 0.05) is 27.7 Å². The topological polar surface area (TPSA) is 12.0 Å². The third-order valence-electron chi connectivity index (χ3n) is 13.4. The van der Waals surface area contributed by atoms with Crippen molar-refractivity contribution in [2.24, 2.45) is 0 Å². The second-order valence-corrected chi connectivity index (χ2v) is 17.7. The minimum Gasteiger partial charge on any atom is -0.355 e. The summed E-state index contributed by atoms with van der Waals surface area (Å²) >= 11 is 0. The molecule has 10 aromatic carbocycles. The summed E-state index contributed by atoms with van der Waals surface area (Å²) in [5.41, 5.74) is 20.3. The average Bonchev–Trinajstić information content (AvgIpc) is 3.99. The minimum absolute atomic E-state index is 0.212. The van der Waals surface area contributed by atoms with Crippen LogP contribution in [0.2, 0.25) is 0 Å². The van der Waals surface area contributed by atoms with Crippen LogP contribution in [0.3, 0.4) is 0 Å². The van der Waals surface area contributed by atoms with Crippen molar-refractivity contribution in [1.82, 2.24) is 0 Å². The molecule has 0 bridgehead atoms. The lowest BCUT2D eigenvalue weighted by Crippen LogP contribution is -2.15. The zero-order valence-electron chi connectivity index (χ0n) is 38.8. The molecule has 2 aliphatic carbocycles. The molecule has 0 fully saturated rings. The van der Waals surface area contributed by atoms with Gasteiger partial charge in [0.25, 0.3) is 0 Å². The maximum absolute atomic E-state index is 3.97.